The maximum absolute atomic E-state index is 9.00. The zero-order chi connectivity index (χ0) is 11.6. The average molecular weight is 221 g/mol. The third kappa shape index (κ3) is 2.75. The first-order valence-corrected chi connectivity index (χ1v) is 6.48. The fraction of sp³-hybridized carbons (Fsp3) is 0.923. The van der Waals surface area contributed by atoms with Crippen LogP contribution in [0.4, 0.5) is 0 Å². The second-order valence-electron chi connectivity index (χ2n) is 5.88. The van der Waals surface area contributed by atoms with E-state index < -0.39 is 0 Å². The molecule has 2 aliphatic heterocycles. The van der Waals surface area contributed by atoms with E-state index in [1.54, 1.807) is 0 Å². The SMILES string of the molecule is CC(C)(C#N)CCN1CCN2CCCC2C1. The molecule has 0 amide bonds. The summed E-state index contributed by atoms with van der Waals surface area (Å²) in [7, 11) is 0. The van der Waals surface area contributed by atoms with Gasteiger partial charge in [0.15, 0.2) is 0 Å². The molecule has 0 radical (unpaired) electrons. The van der Waals surface area contributed by atoms with Crippen molar-refractivity contribution in [3.05, 3.63) is 0 Å². The number of nitrogens with zero attached hydrogens (tertiary/aromatic N) is 3. The quantitative estimate of drug-likeness (QED) is 0.727. The number of fused-ring (bicyclic) bond motifs is 1. The van der Waals surface area contributed by atoms with E-state index in [0.717, 1.165) is 19.0 Å². The van der Waals surface area contributed by atoms with Crippen LogP contribution in [0.25, 0.3) is 0 Å². The van der Waals surface area contributed by atoms with Gasteiger partial charge in [-0.1, -0.05) is 0 Å². The minimum absolute atomic E-state index is 0.160. The van der Waals surface area contributed by atoms with Crippen molar-refractivity contribution >= 4 is 0 Å². The second kappa shape index (κ2) is 4.73. The Morgan fingerprint density at radius 2 is 2.12 bits per heavy atom. The van der Waals surface area contributed by atoms with E-state index in [1.165, 1.54) is 39.0 Å². The molecule has 0 aliphatic carbocycles. The van der Waals surface area contributed by atoms with Gasteiger partial charge in [-0.3, -0.25) is 4.90 Å². The van der Waals surface area contributed by atoms with E-state index in [-0.39, 0.29) is 5.41 Å². The van der Waals surface area contributed by atoms with Crippen LogP contribution >= 0.6 is 0 Å². The van der Waals surface area contributed by atoms with Gasteiger partial charge in [0.25, 0.3) is 0 Å². The van der Waals surface area contributed by atoms with E-state index >= 15 is 0 Å². The second-order valence-corrected chi connectivity index (χ2v) is 5.88. The van der Waals surface area contributed by atoms with Crippen LogP contribution in [0, 0.1) is 16.7 Å². The van der Waals surface area contributed by atoms with Gasteiger partial charge in [0.1, 0.15) is 0 Å². The maximum Gasteiger partial charge on any atom is 0.0684 e. The number of piperazine rings is 1. The van der Waals surface area contributed by atoms with Crippen molar-refractivity contribution in [3.63, 3.8) is 0 Å². The van der Waals surface area contributed by atoms with Gasteiger partial charge in [0.2, 0.25) is 0 Å². The molecule has 0 spiro atoms. The van der Waals surface area contributed by atoms with Crippen LogP contribution in [0.15, 0.2) is 0 Å². The monoisotopic (exact) mass is 221 g/mol. The molecular formula is C13H23N3. The summed E-state index contributed by atoms with van der Waals surface area (Å²) in [6.45, 7) is 10.1. The molecule has 3 heteroatoms. The van der Waals surface area contributed by atoms with E-state index in [0.29, 0.717) is 0 Å². The van der Waals surface area contributed by atoms with E-state index in [1.807, 2.05) is 13.8 Å². The molecular weight excluding hydrogens is 198 g/mol. The molecule has 1 unspecified atom stereocenters. The lowest BCUT2D eigenvalue weighted by Gasteiger charge is -2.38. The van der Waals surface area contributed by atoms with Crippen LogP contribution in [-0.4, -0.2) is 48.6 Å². The number of rotatable bonds is 3. The molecule has 2 heterocycles. The third-order valence-electron chi connectivity index (χ3n) is 4.03. The molecule has 2 saturated heterocycles. The molecule has 2 fully saturated rings. The zero-order valence-corrected chi connectivity index (χ0v) is 10.6. The third-order valence-corrected chi connectivity index (χ3v) is 4.03. The molecule has 0 aromatic carbocycles. The minimum Gasteiger partial charge on any atom is -0.300 e. The van der Waals surface area contributed by atoms with Gasteiger partial charge in [-0.15, -0.1) is 0 Å². The van der Waals surface area contributed by atoms with Gasteiger partial charge in [-0.05, 0) is 46.2 Å². The highest BCUT2D eigenvalue weighted by molar-refractivity contribution is 4.93. The number of nitriles is 1. The highest BCUT2D eigenvalue weighted by Crippen LogP contribution is 2.24. The predicted molar refractivity (Wildman–Crippen MR) is 65.0 cm³/mol. The van der Waals surface area contributed by atoms with Crippen LogP contribution in [-0.2, 0) is 0 Å². The molecule has 16 heavy (non-hydrogen) atoms. The van der Waals surface area contributed by atoms with Gasteiger partial charge in [0, 0.05) is 25.7 Å². The van der Waals surface area contributed by atoms with Crippen LogP contribution in [0.1, 0.15) is 33.1 Å². The lowest BCUT2D eigenvalue weighted by Crippen LogP contribution is -2.50. The topological polar surface area (TPSA) is 30.3 Å². The summed E-state index contributed by atoms with van der Waals surface area (Å²) in [6, 6.07) is 3.19. The zero-order valence-electron chi connectivity index (χ0n) is 10.6. The first-order chi connectivity index (χ1) is 7.61. The Morgan fingerprint density at radius 1 is 1.31 bits per heavy atom. The molecule has 3 nitrogen and oxygen atoms in total. The van der Waals surface area contributed by atoms with Crippen molar-refractivity contribution in [1.29, 1.82) is 5.26 Å². The van der Waals surface area contributed by atoms with Gasteiger partial charge in [0.05, 0.1) is 11.5 Å². The highest BCUT2D eigenvalue weighted by atomic mass is 15.3. The lowest BCUT2D eigenvalue weighted by molar-refractivity contribution is 0.0978. The molecule has 2 aliphatic rings. The predicted octanol–water partition coefficient (Wildman–Crippen LogP) is 1.71. The minimum atomic E-state index is -0.160. The van der Waals surface area contributed by atoms with Gasteiger partial charge in [-0.25, -0.2) is 0 Å². The van der Waals surface area contributed by atoms with Crippen molar-refractivity contribution in [3.8, 4) is 6.07 Å². The molecule has 0 N–H and O–H groups in total. The fourth-order valence-corrected chi connectivity index (χ4v) is 2.75. The standard InChI is InChI=1S/C13H23N3/c1-13(2,11-14)5-7-15-8-9-16-6-3-4-12(16)10-15/h12H,3-10H2,1-2H3. The Labute approximate surface area is 99.0 Å². The number of hydrogen-bond donors (Lipinski definition) is 0. The van der Waals surface area contributed by atoms with Gasteiger partial charge < -0.3 is 4.90 Å². The smallest absolute Gasteiger partial charge is 0.0684 e. The van der Waals surface area contributed by atoms with E-state index in [2.05, 4.69) is 15.9 Å². The molecule has 2 rings (SSSR count). The summed E-state index contributed by atoms with van der Waals surface area (Å²) >= 11 is 0. The Bertz CT molecular complexity index is 279. The summed E-state index contributed by atoms with van der Waals surface area (Å²) in [5, 5.41) is 9.00. The van der Waals surface area contributed by atoms with Crippen molar-refractivity contribution in [2.24, 2.45) is 5.41 Å². The Balaban J connectivity index is 1.78. The Hall–Kier alpha value is -0.590. The normalized spacial score (nSPS) is 27.7. The summed E-state index contributed by atoms with van der Waals surface area (Å²) in [6.07, 6.45) is 3.75. The first-order valence-electron chi connectivity index (χ1n) is 6.48. The number of hydrogen-bond acceptors (Lipinski definition) is 3. The van der Waals surface area contributed by atoms with Crippen molar-refractivity contribution in [2.45, 2.75) is 39.2 Å². The molecule has 1 atom stereocenters. The average Bonchev–Trinajstić information content (AvgIpc) is 2.73. The largest absolute Gasteiger partial charge is 0.300 e. The molecule has 0 saturated carbocycles. The summed E-state index contributed by atoms with van der Waals surface area (Å²) in [5.74, 6) is 0. The Kier molecular flexibility index (Phi) is 3.51. The van der Waals surface area contributed by atoms with Gasteiger partial charge >= 0.3 is 0 Å². The first kappa shape index (κ1) is 11.9. The van der Waals surface area contributed by atoms with Crippen LogP contribution < -0.4 is 0 Å². The van der Waals surface area contributed by atoms with E-state index in [4.69, 9.17) is 5.26 Å². The van der Waals surface area contributed by atoms with Crippen molar-refractivity contribution < 1.29 is 0 Å². The maximum atomic E-state index is 9.00. The summed E-state index contributed by atoms with van der Waals surface area (Å²) in [5.41, 5.74) is -0.160. The van der Waals surface area contributed by atoms with Gasteiger partial charge in [-0.2, -0.15) is 5.26 Å². The van der Waals surface area contributed by atoms with Crippen LogP contribution in [0.3, 0.4) is 0 Å². The molecule has 0 aromatic heterocycles. The highest BCUT2D eigenvalue weighted by Gasteiger charge is 2.30. The summed E-state index contributed by atoms with van der Waals surface area (Å²) < 4.78 is 0. The van der Waals surface area contributed by atoms with Crippen LogP contribution in [0.2, 0.25) is 0 Å². The van der Waals surface area contributed by atoms with E-state index in [9.17, 15) is 0 Å². The Morgan fingerprint density at radius 3 is 2.88 bits per heavy atom. The summed E-state index contributed by atoms with van der Waals surface area (Å²) in [4.78, 5) is 5.18. The van der Waals surface area contributed by atoms with Crippen molar-refractivity contribution in [1.82, 2.24) is 9.80 Å². The fourth-order valence-electron chi connectivity index (χ4n) is 2.75. The molecule has 0 bridgehead atoms. The van der Waals surface area contributed by atoms with Crippen molar-refractivity contribution in [2.75, 3.05) is 32.7 Å². The molecule has 90 valence electrons. The lowest BCUT2D eigenvalue weighted by atomic mass is 9.91. The van der Waals surface area contributed by atoms with Crippen LogP contribution in [0.5, 0.6) is 0 Å². The molecule has 0 aromatic rings.